The largest absolute Gasteiger partial charge is 0.454 e. The Morgan fingerprint density at radius 2 is 1.59 bits per heavy atom. The van der Waals surface area contributed by atoms with E-state index in [0.717, 1.165) is 5.56 Å². The number of carbonyl (C=O) groups is 5. The van der Waals surface area contributed by atoms with E-state index >= 15 is 0 Å². The van der Waals surface area contributed by atoms with Crippen LogP contribution in [0.5, 0.6) is 11.5 Å². The molecule has 3 aliphatic rings. The van der Waals surface area contributed by atoms with Crippen molar-refractivity contribution in [1.29, 1.82) is 0 Å². The fraction of sp³-hybridized carbons (Fsp3) is 0.378. The first-order valence-electron chi connectivity index (χ1n) is 16.6. The monoisotopic (exact) mass is 671 g/mol. The first-order valence-corrected chi connectivity index (χ1v) is 16.6. The van der Waals surface area contributed by atoms with Crippen LogP contribution in [-0.4, -0.2) is 72.2 Å². The zero-order chi connectivity index (χ0) is 34.9. The molecule has 0 spiro atoms. The summed E-state index contributed by atoms with van der Waals surface area (Å²) in [5.41, 5.74) is 1.95. The van der Waals surface area contributed by atoms with Gasteiger partial charge in [-0.2, -0.15) is 0 Å². The number of nitrogens with zero attached hydrogens (tertiary/aromatic N) is 1. The Morgan fingerprint density at radius 1 is 0.878 bits per heavy atom. The highest BCUT2D eigenvalue weighted by Gasteiger charge is 2.33. The maximum atomic E-state index is 14.8. The van der Waals surface area contributed by atoms with E-state index < -0.39 is 47.6 Å². The smallest absolute Gasteiger partial charge is 0.245 e. The highest BCUT2D eigenvalue weighted by Crippen LogP contribution is 2.27. The topological polar surface area (TPSA) is 146 Å². The van der Waals surface area contributed by atoms with Crippen molar-refractivity contribution in [1.82, 2.24) is 26.2 Å². The third-order valence-electron chi connectivity index (χ3n) is 8.41. The molecule has 49 heavy (non-hydrogen) atoms. The summed E-state index contributed by atoms with van der Waals surface area (Å²) in [7, 11) is 0. The van der Waals surface area contributed by atoms with Crippen LogP contribution < -0.4 is 26.0 Å². The minimum absolute atomic E-state index is 0.0107. The van der Waals surface area contributed by atoms with Gasteiger partial charge in [0.1, 0.15) is 23.9 Å². The van der Waals surface area contributed by atoms with Crippen LogP contribution in [0.4, 0.5) is 4.39 Å². The molecule has 12 heteroatoms. The average molecular weight is 672 g/mol. The lowest BCUT2D eigenvalue weighted by atomic mass is 9.99. The van der Waals surface area contributed by atoms with Crippen molar-refractivity contribution in [2.24, 2.45) is 5.92 Å². The molecule has 3 heterocycles. The summed E-state index contributed by atoms with van der Waals surface area (Å²) < 4.78 is 20.6. The Hall–Kier alpha value is -5.26. The van der Waals surface area contributed by atoms with E-state index in [-0.39, 0.29) is 49.8 Å². The van der Waals surface area contributed by atoms with Crippen LogP contribution >= 0.6 is 0 Å². The van der Waals surface area contributed by atoms with Crippen molar-refractivity contribution >= 4 is 29.5 Å². The molecule has 0 unspecified atom stereocenters. The van der Waals surface area contributed by atoms with Crippen molar-refractivity contribution in [3.8, 4) is 11.5 Å². The Morgan fingerprint density at radius 3 is 2.33 bits per heavy atom. The lowest BCUT2D eigenvalue weighted by Crippen LogP contribution is -2.58. The molecule has 3 aromatic rings. The Labute approximate surface area is 285 Å². The molecule has 4 bridgehead atoms. The van der Waals surface area contributed by atoms with Crippen LogP contribution in [0, 0.1) is 11.7 Å². The van der Waals surface area contributed by atoms with Gasteiger partial charge in [-0.25, -0.2) is 4.39 Å². The first kappa shape index (κ1) is 35.1. The van der Waals surface area contributed by atoms with Crippen LogP contribution in [0.3, 0.4) is 0 Å². The maximum absolute atomic E-state index is 14.8. The van der Waals surface area contributed by atoms with Crippen molar-refractivity contribution < 1.29 is 33.1 Å². The summed E-state index contributed by atoms with van der Waals surface area (Å²) in [6, 6.07) is 16.8. The number of halogens is 1. The number of benzene rings is 3. The van der Waals surface area contributed by atoms with Gasteiger partial charge in [-0.3, -0.25) is 24.0 Å². The van der Waals surface area contributed by atoms with Gasteiger partial charge < -0.3 is 30.9 Å². The summed E-state index contributed by atoms with van der Waals surface area (Å²) >= 11 is 0. The molecule has 1 fully saturated rings. The fourth-order valence-corrected chi connectivity index (χ4v) is 5.94. The number of hydrogen-bond donors (Lipinski definition) is 4. The Balaban J connectivity index is 1.51. The van der Waals surface area contributed by atoms with Gasteiger partial charge in [0.25, 0.3) is 0 Å². The Bertz CT molecular complexity index is 1670. The highest BCUT2D eigenvalue weighted by atomic mass is 19.1. The van der Waals surface area contributed by atoms with Crippen molar-refractivity contribution in [2.75, 3.05) is 19.6 Å². The molecule has 0 saturated carbocycles. The fourth-order valence-electron chi connectivity index (χ4n) is 5.94. The minimum atomic E-state index is -1.06. The van der Waals surface area contributed by atoms with Gasteiger partial charge in [-0.05, 0) is 59.7 Å². The van der Waals surface area contributed by atoms with Crippen molar-refractivity contribution in [3.05, 3.63) is 95.3 Å². The second-order valence-corrected chi connectivity index (χ2v) is 12.9. The second-order valence-electron chi connectivity index (χ2n) is 12.9. The molecule has 0 aliphatic carbocycles. The quantitative estimate of drug-likeness (QED) is 0.307. The van der Waals surface area contributed by atoms with Gasteiger partial charge >= 0.3 is 0 Å². The second kappa shape index (κ2) is 16.2. The van der Waals surface area contributed by atoms with Gasteiger partial charge in [0.15, 0.2) is 11.6 Å². The highest BCUT2D eigenvalue weighted by molar-refractivity contribution is 5.95. The van der Waals surface area contributed by atoms with E-state index in [2.05, 4.69) is 21.3 Å². The number of rotatable bonds is 5. The third-order valence-corrected chi connectivity index (χ3v) is 8.41. The van der Waals surface area contributed by atoms with Crippen LogP contribution in [-0.2, 0) is 43.2 Å². The van der Waals surface area contributed by atoms with Crippen LogP contribution in [0.2, 0.25) is 0 Å². The number of fused-ring (bicyclic) bond motifs is 12. The molecule has 0 radical (unpaired) electrons. The molecule has 3 aliphatic heterocycles. The number of ether oxygens (including phenoxy) is 1. The zero-order valence-corrected chi connectivity index (χ0v) is 27.7. The molecule has 0 aromatic heterocycles. The van der Waals surface area contributed by atoms with Crippen LogP contribution in [0.1, 0.15) is 43.4 Å². The molecule has 3 atom stereocenters. The first-order chi connectivity index (χ1) is 23.5. The molecular formula is C37H42FN5O6. The van der Waals surface area contributed by atoms with E-state index in [9.17, 15) is 28.4 Å². The van der Waals surface area contributed by atoms with Gasteiger partial charge in [0, 0.05) is 25.9 Å². The minimum Gasteiger partial charge on any atom is -0.454 e. The summed E-state index contributed by atoms with van der Waals surface area (Å²) in [6.45, 7) is 4.45. The van der Waals surface area contributed by atoms with E-state index in [0.29, 0.717) is 36.4 Å². The lowest BCUT2D eigenvalue weighted by molar-refractivity contribution is -0.139. The van der Waals surface area contributed by atoms with Crippen molar-refractivity contribution in [2.45, 2.75) is 64.1 Å². The number of nitrogens with one attached hydrogen (secondary N) is 4. The number of amides is 5. The lowest BCUT2D eigenvalue weighted by Gasteiger charge is -2.29. The molecule has 5 amide bonds. The number of carbonyl (C=O) groups excluding carboxylic acids is 5. The predicted octanol–water partition coefficient (Wildman–Crippen LogP) is 2.81. The molecule has 11 nitrogen and oxygen atoms in total. The van der Waals surface area contributed by atoms with Crippen LogP contribution in [0.25, 0.3) is 0 Å². The van der Waals surface area contributed by atoms with Gasteiger partial charge in [0.05, 0.1) is 13.0 Å². The van der Waals surface area contributed by atoms with E-state index in [4.69, 9.17) is 4.74 Å². The molecule has 3 aromatic carbocycles. The van der Waals surface area contributed by atoms with Crippen molar-refractivity contribution in [3.63, 3.8) is 0 Å². The maximum Gasteiger partial charge on any atom is 0.245 e. The summed E-state index contributed by atoms with van der Waals surface area (Å²) in [5.74, 6) is -2.71. The summed E-state index contributed by atoms with van der Waals surface area (Å²) in [5, 5.41) is 11.3. The SMILES string of the molecule is CC(C)C[C@@H]1NC(=O)[C@@H](Cc2ccccc2)NC(=O)Cc2ccc(F)c(c2)Oc2ccc(cc2)C[C@@H](C(=O)N2CCCNC(=O)C2)NC1=O. The van der Waals surface area contributed by atoms with E-state index in [1.54, 1.807) is 24.3 Å². The number of hydrogen-bond acceptors (Lipinski definition) is 6. The van der Waals surface area contributed by atoms with E-state index in [1.807, 2.05) is 44.2 Å². The van der Waals surface area contributed by atoms with Gasteiger partial charge in [-0.1, -0.05) is 62.4 Å². The molecule has 1 saturated heterocycles. The molecule has 6 rings (SSSR count). The van der Waals surface area contributed by atoms with Gasteiger partial charge in [0.2, 0.25) is 29.5 Å². The Kier molecular flexibility index (Phi) is 11.6. The molecule has 258 valence electrons. The molecule has 4 N–H and O–H groups in total. The predicted molar refractivity (Wildman–Crippen MR) is 180 cm³/mol. The summed E-state index contributed by atoms with van der Waals surface area (Å²) in [4.78, 5) is 68.8. The average Bonchev–Trinajstić information content (AvgIpc) is 3.29. The molecular weight excluding hydrogens is 629 g/mol. The van der Waals surface area contributed by atoms with E-state index in [1.165, 1.54) is 23.1 Å². The van der Waals surface area contributed by atoms with Gasteiger partial charge in [-0.15, -0.1) is 0 Å². The normalized spacial score (nSPS) is 20.8. The zero-order valence-electron chi connectivity index (χ0n) is 27.7. The standard InChI is InChI=1S/C37H42FN5O6/c1-23(2)17-29-35(46)42-31(37(48)43-16-6-15-39-34(45)22-43)19-25-9-12-27(13-10-25)49-32-20-26(11-14-28(32)38)21-33(44)40-30(36(47)41-29)18-24-7-4-3-5-8-24/h3-5,7-14,20,23,29-31H,6,15-19,21-22H2,1-2H3,(H,39,45)(H,40,44)(H,41,47)(H,42,46)/t29-,30+,31-/m0/s1. The summed E-state index contributed by atoms with van der Waals surface area (Å²) in [6.07, 6.45) is 0.909. The van der Waals surface area contributed by atoms with Crippen LogP contribution in [0.15, 0.2) is 72.8 Å². The third kappa shape index (κ3) is 9.88.